The first kappa shape index (κ1) is 10.1. The van der Waals surface area contributed by atoms with Crippen molar-refractivity contribution in [3.05, 3.63) is 65.7 Å². The lowest BCUT2D eigenvalue weighted by Crippen LogP contribution is -2.28. The average molecular weight is 223 g/mol. The molecule has 1 amide bonds. The van der Waals surface area contributed by atoms with Crippen molar-refractivity contribution in [2.75, 3.05) is 5.32 Å². The van der Waals surface area contributed by atoms with Crippen LogP contribution in [0.3, 0.4) is 0 Å². The molecule has 1 atom stereocenters. The molecule has 17 heavy (non-hydrogen) atoms. The number of hydrogen-bond acceptors (Lipinski definition) is 1. The molecule has 1 unspecified atom stereocenters. The van der Waals surface area contributed by atoms with Crippen LogP contribution >= 0.6 is 0 Å². The van der Waals surface area contributed by atoms with E-state index in [0.29, 0.717) is 0 Å². The van der Waals surface area contributed by atoms with Crippen LogP contribution in [-0.4, -0.2) is 5.91 Å². The maximum Gasteiger partial charge on any atom is 0.232 e. The highest BCUT2D eigenvalue weighted by Gasteiger charge is 2.26. The smallest absolute Gasteiger partial charge is 0.232 e. The second-order valence-corrected chi connectivity index (χ2v) is 4.31. The molecule has 0 radical (unpaired) electrons. The van der Waals surface area contributed by atoms with Gasteiger partial charge in [-0.1, -0.05) is 48.5 Å². The second-order valence-electron chi connectivity index (χ2n) is 4.31. The van der Waals surface area contributed by atoms with Crippen molar-refractivity contribution in [2.45, 2.75) is 12.3 Å². The van der Waals surface area contributed by atoms with Crippen LogP contribution in [0.5, 0.6) is 0 Å². The molecule has 1 aliphatic heterocycles. The number of fused-ring (bicyclic) bond motifs is 1. The molecule has 2 nitrogen and oxygen atoms in total. The molecule has 1 N–H and O–H groups in total. The van der Waals surface area contributed by atoms with Crippen molar-refractivity contribution >= 4 is 11.6 Å². The van der Waals surface area contributed by atoms with Crippen LogP contribution in [0.4, 0.5) is 5.69 Å². The Hall–Kier alpha value is -2.09. The summed E-state index contributed by atoms with van der Waals surface area (Å²) >= 11 is 0. The summed E-state index contributed by atoms with van der Waals surface area (Å²) in [4.78, 5) is 12.0. The van der Waals surface area contributed by atoms with Gasteiger partial charge in [-0.15, -0.1) is 0 Å². The maximum atomic E-state index is 12.0. The van der Waals surface area contributed by atoms with Gasteiger partial charge < -0.3 is 5.32 Å². The van der Waals surface area contributed by atoms with Crippen molar-refractivity contribution in [3.63, 3.8) is 0 Å². The van der Waals surface area contributed by atoms with E-state index in [1.807, 2.05) is 48.5 Å². The Balaban J connectivity index is 1.98. The summed E-state index contributed by atoms with van der Waals surface area (Å²) in [6, 6.07) is 17.9. The Labute approximate surface area is 100 Å². The molecular weight excluding hydrogens is 210 g/mol. The number of nitrogens with one attached hydrogen (secondary N) is 1. The fourth-order valence-electron chi connectivity index (χ4n) is 2.31. The van der Waals surface area contributed by atoms with Crippen molar-refractivity contribution in [1.82, 2.24) is 0 Å². The lowest BCUT2D eigenvalue weighted by atomic mass is 9.88. The maximum absolute atomic E-state index is 12.0. The Morgan fingerprint density at radius 2 is 1.65 bits per heavy atom. The Morgan fingerprint density at radius 3 is 2.47 bits per heavy atom. The lowest BCUT2D eigenvalue weighted by molar-refractivity contribution is -0.117. The van der Waals surface area contributed by atoms with E-state index in [4.69, 9.17) is 0 Å². The predicted octanol–water partition coefficient (Wildman–Crippen LogP) is 2.97. The Bertz CT molecular complexity index is 548. The van der Waals surface area contributed by atoms with Crippen LogP contribution in [0, 0.1) is 0 Å². The minimum atomic E-state index is -0.0638. The SMILES string of the molecule is O=C1Nc2ccccc2CC1c1ccccc1. The fourth-order valence-corrected chi connectivity index (χ4v) is 2.31. The van der Waals surface area contributed by atoms with Gasteiger partial charge in [0, 0.05) is 5.69 Å². The van der Waals surface area contributed by atoms with Gasteiger partial charge >= 0.3 is 0 Å². The van der Waals surface area contributed by atoms with Gasteiger partial charge in [-0.3, -0.25) is 4.79 Å². The molecule has 0 aliphatic carbocycles. The van der Waals surface area contributed by atoms with Crippen molar-refractivity contribution in [2.24, 2.45) is 0 Å². The van der Waals surface area contributed by atoms with Gasteiger partial charge in [0.15, 0.2) is 0 Å². The summed E-state index contributed by atoms with van der Waals surface area (Å²) in [6.07, 6.45) is 0.784. The molecule has 3 rings (SSSR count). The lowest BCUT2D eigenvalue weighted by Gasteiger charge is -2.24. The molecule has 0 saturated heterocycles. The van der Waals surface area contributed by atoms with Gasteiger partial charge in [-0.2, -0.15) is 0 Å². The molecule has 2 heteroatoms. The number of rotatable bonds is 1. The molecule has 0 spiro atoms. The van der Waals surface area contributed by atoms with Crippen LogP contribution in [0.25, 0.3) is 0 Å². The van der Waals surface area contributed by atoms with Crippen LogP contribution in [0.15, 0.2) is 54.6 Å². The van der Waals surface area contributed by atoms with Crippen molar-refractivity contribution < 1.29 is 4.79 Å². The highest BCUT2D eigenvalue weighted by molar-refractivity contribution is 5.98. The summed E-state index contributed by atoms with van der Waals surface area (Å²) in [5.41, 5.74) is 3.24. The van der Waals surface area contributed by atoms with Gasteiger partial charge in [0.2, 0.25) is 5.91 Å². The highest BCUT2D eigenvalue weighted by atomic mass is 16.1. The number of para-hydroxylation sites is 1. The monoisotopic (exact) mass is 223 g/mol. The molecule has 1 aliphatic rings. The first-order valence-corrected chi connectivity index (χ1v) is 5.78. The molecule has 2 aromatic rings. The molecule has 0 fully saturated rings. The van der Waals surface area contributed by atoms with Gasteiger partial charge in [0.05, 0.1) is 5.92 Å². The number of carbonyl (C=O) groups excluding carboxylic acids is 1. The van der Waals surface area contributed by atoms with Gasteiger partial charge in [0.1, 0.15) is 0 Å². The van der Waals surface area contributed by atoms with Crippen molar-refractivity contribution in [3.8, 4) is 0 Å². The van der Waals surface area contributed by atoms with Crippen LogP contribution in [0.2, 0.25) is 0 Å². The summed E-state index contributed by atoms with van der Waals surface area (Å²) in [5, 5.41) is 2.97. The standard InChI is InChI=1S/C15H13NO/c17-15-13(11-6-2-1-3-7-11)10-12-8-4-5-9-14(12)16-15/h1-9,13H,10H2,(H,16,17). The minimum absolute atomic E-state index is 0.0638. The molecule has 2 aromatic carbocycles. The van der Waals surface area contributed by atoms with E-state index in [9.17, 15) is 4.79 Å². The summed E-state index contributed by atoms with van der Waals surface area (Å²) in [6.45, 7) is 0. The van der Waals surface area contributed by atoms with Crippen LogP contribution < -0.4 is 5.32 Å². The van der Waals surface area contributed by atoms with E-state index in [2.05, 4.69) is 11.4 Å². The zero-order valence-corrected chi connectivity index (χ0v) is 9.39. The molecule has 0 aromatic heterocycles. The van der Waals surface area contributed by atoms with E-state index < -0.39 is 0 Å². The summed E-state index contributed by atoms with van der Waals surface area (Å²) in [5.74, 6) is 0.0287. The van der Waals surface area contributed by atoms with Crippen LogP contribution in [-0.2, 0) is 11.2 Å². The van der Waals surface area contributed by atoms with E-state index in [1.165, 1.54) is 5.56 Å². The number of anilines is 1. The first-order valence-electron chi connectivity index (χ1n) is 5.78. The number of amides is 1. The second kappa shape index (κ2) is 4.06. The van der Waals surface area contributed by atoms with Gasteiger partial charge in [0.25, 0.3) is 0 Å². The Kier molecular flexibility index (Phi) is 2.41. The predicted molar refractivity (Wildman–Crippen MR) is 68.0 cm³/mol. The highest BCUT2D eigenvalue weighted by Crippen LogP contribution is 2.30. The van der Waals surface area contributed by atoms with Gasteiger partial charge in [-0.05, 0) is 23.6 Å². The summed E-state index contributed by atoms with van der Waals surface area (Å²) < 4.78 is 0. The third kappa shape index (κ3) is 1.82. The number of hydrogen-bond donors (Lipinski definition) is 1. The van der Waals surface area contributed by atoms with E-state index in [0.717, 1.165) is 17.7 Å². The minimum Gasteiger partial charge on any atom is -0.325 e. The van der Waals surface area contributed by atoms with E-state index in [1.54, 1.807) is 0 Å². The fraction of sp³-hybridized carbons (Fsp3) is 0.133. The van der Waals surface area contributed by atoms with Crippen LogP contribution in [0.1, 0.15) is 17.0 Å². The first-order chi connectivity index (χ1) is 8.34. The number of benzene rings is 2. The average Bonchev–Trinajstić information content (AvgIpc) is 2.39. The molecule has 1 heterocycles. The third-order valence-electron chi connectivity index (χ3n) is 3.22. The molecule has 0 saturated carbocycles. The third-order valence-corrected chi connectivity index (χ3v) is 3.22. The molecule has 84 valence electrons. The molecular formula is C15H13NO. The molecule has 0 bridgehead atoms. The zero-order valence-electron chi connectivity index (χ0n) is 9.39. The van der Waals surface area contributed by atoms with Gasteiger partial charge in [-0.25, -0.2) is 0 Å². The van der Waals surface area contributed by atoms with Crippen molar-refractivity contribution in [1.29, 1.82) is 0 Å². The van der Waals surface area contributed by atoms with E-state index in [-0.39, 0.29) is 11.8 Å². The topological polar surface area (TPSA) is 29.1 Å². The largest absolute Gasteiger partial charge is 0.325 e. The summed E-state index contributed by atoms with van der Waals surface area (Å²) in [7, 11) is 0. The Morgan fingerprint density at radius 1 is 0.941 bits per heavy atom. The van der Waals surface area contributed by atoms with E-state index >= 15 is 0 Å². The number of carbonyl (C=O) groups is 1. The normalized spacial score (nSPS) is 18.4. The zero-order chi connectivity index (χ0) is 11.7. The quantitative estimate of drug-likeness (QED) is 0.791.